The summed E-state index contributed by atoms with van der Waals surface area (Å²) < 4.78 is 40.1. The predicted molar refractivity (Wildman–Crippen MR) is 74.8 cm³/mol. The first-order chi connectivity index (χ1) is 9.23. The zero-order valence-electron chi connectivity index (χ0n) is 11.7. The summed E-state index contributed by atoms with van der Waals surface area (Å²) in [5, 5.41) is 3.04. The highest BCUT2D eigenvalue weighted by Gasteiger charge is 2.34. The Morgan fingerprint density at radius 3 is 2.55 bits per heavy atom. The molecule has 0 aliphatic carbocycles. The molecule has 1 N–H and O–H groups in total. The molecule has 1 aromatic heterocycles. The van der Waals surface area contributed by atoms with E-state index in [9.17, 15) is 8.42 Å². The highest BCUT2D eigenvalue weighted by atomic mass is 32.2. The van der Waals surface area contributed by atoms with E-state index in [0.29, 0.717) is 5.76 Å². The predicted octanol–water partition coefficient (Wildman–Crippen LogP) is 1.66. The number of hydrogen-bond donors (Lipinski definition) is 1. The number of rotatable bonds is 2. The van der Waals surface area contributed by atoms with E-state index in [1.165, 1.54) is 7.11 Å². The fourth-order valence-corrected chi connectivity index (χ4v) is 2.62. The van der Waals surface area contributed by atoms with Gasteiger partial charge in [0.25, 0.3) is 5.90 Å². The van der Waals surface area contributed by atoms with Crippen LogP contribution in [0.5, 0.6) is 0 Å². The van der Waals surface area contributed by atoms with Crippen molar-refractivity contribution in [2.75, 3.05) is 7.11 Å². The molecule has 0 bridgehead atoms. The van der Waals surface area contributed by atoms with Crippen molar-refractivity contribution in [1.29, 1.82) is 0 Å². The maximum Gasteiger partial charge on any atom is 0.368 e. The van der Waals surface area contributed by atoms with Crippen LogP contribution in [0.15, 0.2) is 31.6 Å². The Morgan fingerprint density at radius 1 is 1.35 bits per heavy atom. The van der Waals surface area contributed by atoms with Crippen molar-refractivity contribution in [3.05, 3.63) is 24.2 Å². The number of amidine groups is 1. The fraction of sp³-hybridized carbons (Fsp3) is 0.500. The molecule has 1 aliphatic heterocycles. The summed E-state index contributed by atoms with van der Waals surface area (Å²) in [4.78, 5) is 0. The molecule has 20 heavy (non-hydrogen) atoms. The van der Waals surface area contributed by atoms with Crippen molar-refractivity contribution in [2.24, 2.45) is 14.2 Å². The van der Waals surface area contributed by atoms with Crippen LogP contribution in [-0.2, 0) is 14.9 Å². The average molecular weight is 299 g/mol. The second-order valence-electron chi connectivity index (χ2n) is 5.45. The van der Waals surface area contributed by atoms with E-state index in [0.717, 1.165) is 0 Å². The van der Waals surface area contributed by atoms with E-state index < -0.39 is 10.2 Å². The molecule has 0 amide bonds. The molecule has 0 saturated carbocycles. The minimum atomic E-state index is -3.86. The number of furan rings is 1. The Balaban J connectivity index is 2.33. The summed E-state index contributed by atoms with van der Waals surface area (Å²) in [5.41, 5.74) is -0.231. The molecule has 1 aliphatic rings. The number of nitrogens with zero attached hydrogens (tertiary/aromatic N) is 2. The Labute approximate surface area is 117 Å². The zero-order valence-corrected chi connectivity index (χ0v) is 12.6. The second-order valence-corrected chi connectivity index (χ2v) is 6.71. The molecule has 1 atom stereocenters. The van der Waals surface area contributed by atoms with E-state index in [4.69, 9.17) is 9.15 Å². The van der Waals surface area contributed by atoms with Crippen molar-refractivity contribution in [1.82, 2.24) is 5.32 Å². The van der Waals surface area contributed by atoms with Gasteiger partial charge >= 0.3 is 10.2 Å². The normalized spacial score (nSPS) is 19.2. The van der Waals surface area contributed by atoms with Crippen LogP contribution >= 0.6 is 0 Å². The third-order valence-electron chi connectivity index (χ3n) is 2.78. The maximum absolute atomic E-state index is 11.4. The first kappa shape index (κ1) is 14.6. The van der Waals surface area contributed by atoms with Crippen LogP contribution in [0, 0.1) is 5.41 Å². The maximum atomic E-state index is 11.4. The summed E-state index contributed by atoms with van der Waals surface area (Å²) >= 11 is 0. The topological polar surface area (TPSA) is 93.3 Å². The van der Waals surface area contributed by atoms with E-state index >= 15 is 0 Å². The van der Waals surface area contributed by atoms with E-state index in [1.807, 2.05) is 26.8 Å². The van der Waals surface area contributed by atoms with Crippen molar-refractivity contribution in [2.45, 2.75) is 26.8 Å². The van der Waals surface area contributed by atoms with Crippen LogP contribution in [0.25, 0.3) is 0 Å². The number of methoxy groups -OCH3 is 1. The average Bonchev–Trinajstić information content (AvgIpc) is 2.91. The third kappa shape index (κ3) is 3.01. The zero-order chi connectivity index (χ0) is 15.0. The molecule has 0 spiro atoms. The lowest BCUT2D eigenvalue weighted by Crippen LogP contribution is -2.39. The summed E-state index contributed by atoms with van der Waals surface area (Å²) in [6, 6.07) is 3.31. The van der Waals surface area contributed by atoms with Crippen molar-refractivity contribution in [3.63, 3.8) is 0 Å². The summed E-state index contributed by atoms with van der Waals surface area (Å²) in [6.07, 6.45) is 1.56. The Morgan fingerprint density at radius 2 is 2.05 bits per heavy atom. The van der Waals surface area contributed by atoms with Gasteiger partial charge in [-0.05, 0) is 17.5 Å². The monoisotopic (exact) mass is 299 g/mol. The summed E-state index contributed by atoms with van der Waals surface area (Å²) in [7, 11) is -2.52. The van der Waals surface area contributed by atoms with Gasteiger partial charge in [0.1, 0.15) is 5.76 Å². The van der Waals surface area contributed by atoms with Gasteiger partial charge in [0.05, 0.1) is 19.4 Å². The molecule has 2 heterocycles. The summed E-state index contributed by atoms with van der Waals surface area (Å²) in [5.74, 6) is 0.717. The Hall–Kier alpha value is -1.83. The minimum absolute atomic E-state index is 0.0502. The Bertz CT molecular complexity index is 639. The van der Waals surface area contributed by atoms with Gasteiger partial charge in [-0.3, -0.25) is 0 Å². The molecule has 0 fully saturated rings. The molecule has 0 radical (unpaired) electrons. The van der Waals surface area contributed by atoms with Crippen LogP contribution < -0.4 is 5.32 Å². The van der Waals surface area contributed by atoms with Gasteiger partial charge in [-0.15, -0.1) is 8.80 Å². The van der Waals surface area contributed by atoms with Gasteiger partial charge in [-0.1, -0.05) is 20.8 Å². The van der Waals surface area contributed by atoms with Crippen molar-refractivity contribution < 1.29 is 17.6 Å². The van der Waals surface area contributed by atoms with Gasteiger partial charge in [-0.25, -0.2) is 0 Å². The fourth-order valence-electron chi connectivity index (χ4n) is 1.85. The molecule has 8 heteroatoms. The first-order valence-corrected chi connectivity index (χ1v) is 7.42. The Kier molecular flexibility index (Phi) is 3.59. The molecule has 2 rings (SSSR count). The lowest BCUT2D eigenvalue weighted by Gasteiger charge is -2.30. The smallest absolute Gasteiger partial charge is 0.368 e. The standard InChI is InChI=1S/C12H17N3O4S/c1-12(2,3)9(8-6-5-7-19-8)13-10-11(18-4)15-20(16,17)14-10/h5-7,9H,1-4H3,(H,13,14)/t9-/m0/s1. The van der Waals surface area contributed by atoms with E-state index in [2.05, 4.69) is 14.1 Å². The lowest BCUT2D eigenvalue weighted by molar-refractivity contribution is 0.263. The molecule has 0 unspecified atom stereocenters. The van der Waals surface area contributed by atoms with Gasteiger partial charge in [0.2, 0.25) is 5.84 Å². The first-order valence-electron chi connectivity index (χ1n) is 6.02. The lowest BCUT2D eigenvalue weighted by atomic mass is 9.85. The van der Waals surface area contributed by atoms with E-state index in [1.54, 1.807) is 12.3 Å². The van der Waals surface area contributed by atoms with Crippen LogP contribution in [-0.4, -0.2) is 27.3 Å². The van der Waals surface area contributed by atoms with Gasteiger partial charge < -0.3 is 14.5 Å². The van der Waals surface area contributed by atoms with Crippen LogP contribution in [0.2, 0.25) is 0 Å². The molecular formula is C12H17N3O4S. The molecule has 7 nitrogen and oxygen atoms in total. The quantitative estimate of drug-likeness (QED) is 0.896. The van der Waals surface area contributed by atoms with Crippen LogP contribution in [0.1, 0.15) is 32.6 Å². The number of ether oxygens (including phenoxy) is 1. The second kappa shape index (κ2) is 4.93. The van der Waals surface area contributed by atoms with Gasteiger partial charge in [0.15, 0.2) is 0 Å². The van der Waals surface area contributed by atoms with Crippen molar-refractivity contribution in [3.8, 4) is 0 Å². The molecule has 0 saturated heterocycles. The van der Waals surface area contributed by atoms with Crippen LogP contribution in [0.4, 0.5) is 0 Å². The molecule has 1 aromatic rings. The highest BCUT2D eigenvalue weighted by molar-refractivity contribution is 7.89. The summed E-state index contributed by atoms with van der Waals surface area (Å²) in [6.45, 7) is 6.00. The van der Waals surface area contributed by atoms with Gasteiger partial charge in [0, 0.05) is 0 Å². The number of hydrogen-bond acceptors (Lipinski definition) is 5. The molecule has 0 aromatic carbocycles. The number of nitrogens with one attached hydrogen (secondary N) is 1. The minimum Gasteiger partial charge on any atom is -0.478 e. The SMILES string of the molecule is COC1=NS(=O)(=O)N=C1N[C@@H](c1ccco1)C(C)(C)C. The largest absolute Gasteiger partial charge is 0.478 e. The highest BCUT2D eigenvalue weighted by Crippen LogP contribution is 2.33. The third-order valence-corrected chi connectivity index (χ3v) is 3.59. The molecular weight excluding hydrogens is 282 g/mol. The van der Waals surface area contributed by atoms with Gasteiger partial charge in [-0.2, -0.15) is 8.42 Å². The van der Waals surface area contributed by atoms with Crippen molar-refractivity contribution >= 4 is 21.9 Å². The molecule has 110 valence electrons. The van der Waals surface area contributed by atoms with E-state index in [-0.39, 0.29) is 23.2 Å². The van der Waals surface area contributed by atoms with Crippen LogP contribution in [0.3, 0.4) is 0 Å².